The molecule has 1 heterocycles. The van der Waals surface area contributed by atoms with E-state index in [-0.39, 0.29) is 5.56 Å². The number of hydrogen-bond acceptors (Lipinski definition) is 3. The van der Waals surface area contributed by atoms with E-state index in [4.69, 9.17) is 23.2 Å². The Morgan fingerprint density at radius 1 is 0.962 bits per heavy atom. The van der Waals surface area contributed by atoms with Gasteiger partial charge in [0.25, 0.3) is 5.56 Å². The molecule has 4 nitrogen and oxygen atoms in total. The number of rotatable bonds is 7. The van der Waals surface area contributed by atoms with E-state index in [1.807, 2.05) is 54.6 Å². The second-order valence-electron chi connectivity index (χ2n) is 5.76. The van der Waals surface area contributed by atoms with E-state index in [1.54, 1.807) is 6.08 Å². The van der Waals surface area contributed by atoms with Crippen LogP contribution in [0, 0.1) is 0 Å². The lowest BCUT2D eigenvalue weighted by Crippen LogP contribution is -2.27. The number of aromatic amines is 1. The lowest BCUT2D eigenvalue weighted by atomic mass is 10.1. The summed E-state index contributed by atoms with van der Waals surface area (Å²) in [4.78, 5) is 21.5. The number of halogens is 2. The number of anilines is 1. The van der Waals surface area contributed by atoms with Crippen LogP contribution in [0.25, 0.3) is 23.2 Å². The van der Waals surface area contributed by atoms with Crippen LogP contribution >= 0.6 is 23.2 Å². The Labute approximate surface area is 162 Å². The van der Waals surface area contributed by atoms with Gasteiger partial charge in [-0.05, 0) is 35.9 Å². The number of aromatic nitrogens is 2. The minimum Gasteiger partial charge on any atom is -0.369 e. The first-order valence-electron chi connectivity index (χ1n) is 8.35. The molecule has 0 spiro atoms. The van der Waals surface area contributed by atoms with Gasteiger partial charge >= 0.3 is 0 Å². The summed E-state index contributed by atoms with van der Waals surface area (Å²) in [5.74, 6) is 1.10. The fraction of sp³-hybridized carbons (Fsp3) is 0.200. The van der Waals surface area contributed by atoms with E-state index < -0.39 is 0 Å². The maximum Gasteiger partial charge on any atom is 0.274 e. The number of nitrogens with zero attached hydrogens (tertiary/aromatic N) is 2. The molecule has 134 valence electrons. The molecule has 0 saturated carbocycles. The van der Waals surface area contributed by atoms with Crippen LogP contribution in [-0.4, -0.2) is 34.8 Å². The van der Waals surface area contributed by atoms with Crippen LogP contribution < -0.4 is 10.5 Å². The van der Waals surface area contributed by atoms with Gasteiger partial charge in [0.05, 0.1) is 11.0 Å². The molecule has 6 heteroatoms. The van der Waals surface area contributed by atoms with Crippen molar-refractivity contribution >= 4 is 52.1 Å². The molecule has 0 aliphatic carbocycles. The van der Waals surface area contributed by atoms with Crippen molar-refractivity contribution in [3.8, 4) is 0 Å². The highest BCUT2D eigenvalue weighted by Crippen LogP contribution is 2.17. The molecule has 0 amide bonds. The molecule has 1 N–H and O–H groups in total. The Hall–Kier alpha value is -2.30. The number of nitrogens with one attached hydrogen (secondary N) is 1. The van der Waals surface area contributed by atoms with Crippen molar-refractivity contribution in [2.24, 2.45) is 0 Å². The first-order chi connectivity index (χ1) is 12.7. The van der Waals surface area contributed by atoms with E-state index in [0.717, 1.165) is 35.4 Å². The summed E-state index contributed by atoms with van der Waals surface area (Å²) in [5.41, 5.74) is 3.74. The molecule has 0 aliphatic rings. The maximum absolute atomic E-state index is 12.1. The topological polar surface area (TPSA) is 49.0 Å². The van der Waals surface area contributed by atoms with Crippen LogP contribution in [0.3, 0.4) is 0 Å². The van der Waals surface area contributed by atoms with Crippen LogP contribution in [-0.2, 0) is 0 Å². The molecule has 2 aromatic carbocycles. The smallest absolute Gasteiger partial charge is 0.274 e. The lowest BCUT2D eigenvalue weighted by Gasteiger charge is -2.22. The van der Waals surface area contributed by atoms with Gasteiger partial charge in [0.15, 0.2) is 0 Å². The van der Waals surface area contributed by atoms with E-state index in [0.29, 0.717) is 17.5 Å². The van der Waals surface area contributed by atoms with Crippen LogP contribution in [0.15, 0.2) is 53.3 Å². The zero-order chi connectivity index (χ0) is 18.4. The summed E-state index contributed by atoms with van der Waals surface area (Å²) in [5, 5.41) is 0. The Morgan fingerprint density at radius 2 is 1.65 bits per heavy atom. The quantitative estimate of drug-likeness (QED) is 0.612. The summed E-state index contributed by atoms with van der Waals surface area (Å²) in [6, 6.07) is 15.5. The third-order valence-corrected chi connectivity index (χ3v) is 4.36. The van der Waals surface area contributed by atoms with Gasteiger partial charge in [-0.25, -0.2) is 4.98 Å². The van der Waals surface area contributed by atoms with Crippen LogP contribution in [0.5, 0.6) is 0 Å². The van der Waals surface area contributed by atoms with Gasteiger partial charge in [-0.3, -0.25) is 4.79 Å². The Bertz CT molecular complexity index is 945. The van der Waals surface area contributed by atoms with Crippen molar-refractivity contribution in [1.29, 1.82) is 0 Å². The zero-order valence-electron chi connectivity index (χ0n) is 14.2. The number of alkyl halides is 2. The van der Waals surface area contributed by atoms with E-state index in [9.17, 15) is 4.79 Å². The maximum atomic E-state index is 12.1. The number of benzene rings is 2. The fourth-order valence-electron chi connectivity index (χ4n) is 2.70. The molecule has 3 aromatic rings. The number of fused-ring (bicyclic) bond motifs is 1. The largest absolute Gasteiger partial charge is 0.369 e. The van der Waals surface area contributed by atoms with Crippen LogP contribution in [0.1, 0.15) is 11.3 Å². The lowest BCUT2D eigenvalue weighted by molar-refractivity contribution is 0.874. The van der Waals surface area contributed by atoms with Crippen molar-refractivity contribution in [3.05, 3.63) is 70.1 Å². The van der Waals surface area contributed by atoms with Gasteiger partial charge in [-0.15, -0.1) is 23.2 Å². The highest BCUT2D eigenvalue weighted by molar-refractivity contribution is 6.18. The van der Waals surface area contributed by atoms with Gasteiger partial charge < -0.3 is 9.88 Å². The number of H-pyrrole nitrogens is 1. The fourth-order valence-corrected chi connectivity index (χ4v) is 3.11. The van der Waals surface area contributed by atoms with Crippen molar-refractivity contribution in [3.63, 3.8) is 0 Å². The van der Waals surface area contributed by atoms with Gasteiger partial charge in [0.1, 0.15) is 5.69 Å². The standard InChI is InChI=1S/C20H19Cl2N3O/c21-11-13-25(14-12-22)16-8-5-15(6-9-16)7-10-19-20(26)24-18-4-2-1-3-17(18)23-19/h1-10H,11-14H2,(H,24,26). The third-order valence-electron chi connectivity index (χ3n) is 4.03. The third kappa shape index (κ3) is 4.45. The molecular weight excluding hydrogens is 369 g/mol. The van der Waals surface area contributed by atoms with Crippen molar-refractivity contribution in [1.82, 2.24) is 9.97 Å². The van der Waals surface area contributed by atoms with Gasteiger partial charge in [0.2, 0.25) is 0 Å². The van der Waals surface area contributed by atoms with Gasteiger partial charge in [-0.1, -0.05) is 30.3 Å². The molecule has 0 atom stereocenters. The predicted octanol–water partition coefficient (Wildman–Crippen LogP) is 4.38. The van der Waals surface area contributed by atoms with Crippen LogP contribution in [0.2, 0.25) is 0 Å². The second-order valence-corrected chi connectivity index (χ2v) is 6.51. The molecule has 1 aromatic heterocycles. The first-order valence-corrected chi connectivity index (χ1v) is 9.42. The molecular formula is C20H19Cl2N3O. The SMILES string of the molecule is O=c1[nH]c2ccccc2nc1C=Cc1ccc(N(CCCl)CCCl)cc1. The average Bonchev–Trinajstić information content (AvgIpc) is 2.66. The molecule has 26 heavy (non-hydrogen) atoms. The van der Waals surface area contributed by atoms with Gasteiger partial charge in [0, 0.05) is 30.5 Å². The molecule has 0 fully saturated rings. The average molecular weight is 388 g/mol. The van der Waals surface area contributed by atoms with Crippen molar-refractivity contribution in [2.45, 2.75) is 0 Å². The van der Waals surface area contributed by atoms with Crippen LogP contribution in [0.4, 0.5) is 5.69 Å². The molecule has 0 saturated heterocycles. The van der Waals surface area contributed by atoms with E-state index in [1.165, 1.54) is 0 Å². The van der Waals surface area contributed by atoms with Crippen molar-refractivity contribution in [2.75, 3.05) is 29.7 Å². The summed E-state index contributed by atoms with van der Waals surface area (Å²) in [6.45, 7) is 1.50. The summed E-state index contributed by atoms with van der Waals surface area (Å²) in [7, 11) is 0. The highest BCUT2D eigenvalue weighted by Gasteiger charge is 2.05. The Kier molecular flexibility index (Phi) is 6.31. The number of para-hydroxylation sites is 2. The summed E-state index contributed by atoms with van der Waals surface area (Å²) in [6.07, 6.45) is 3.61. The Morgan fingerprint density at radius 3 is 2.35 bits per heavy atom. The van der Waals surface area contributed by atoms with E-state index >= 15 is 0 Å². The van der Waals surface area contributed by atoms with Gasteiger partial charge in [-0.2, -0.15) is 0 Å². The molecule has 0 bridgehead atoms. The normalized spacial score (nSPS) is 11.3. The zero-order valence-corrected chi connectivity index (χ0v) is 15.7. The number of hydrogen-bond donors (Lipinski definition) is 1. The second kappa shape index (κ2) is 8.88. The van der Waals surface area contributed by atoms with E-state index in [2.05, 4.69) is 14.9 Å². The molecule has 0 radical (unpaired) electrons. The minimum atomic E-state index is -0.202. The summed E-state index contributed by atoms with van der Waals surface area (Å²) >= 11 is 11.7. The predicted molar refractivity (Wildman–Crippen MR) is 111 cm³/mol. The summed E-state index contributed by atoms with van der Waals surface area (Å²) < 4.78 is 0. The molecule has 0 aliphatic heterocycles. The molecule has 0 unspecified atom stereocenters. The highest BCUT2D eigenvalue weighted by atomic mass is 35.5. The monoisotopic (exact) mass is 387 g/mol. The first kappa shape index (κ1) is 18.5. The Balaban J connectivity index is 1.80. The minimum absolute atomic E-state index is 0.202. The molecule has 3 rings (SSSR count). The van der Waals surface area contributed by atoms with Crippen molar-refractivity contribution < 1.29 is 0 Å².